The number of hydrogen-bond acceptors (Lipinski definition) is 3. The van der Waals surface area contributed by atoms with Crippen molar-refractivity contribution in [3.63, 3.8) is 0 Å². The van der Waals surface area contributed by atoms with E-state index in [0.29, 0.717) is 0 Å². The molecule has 204 valence electrons. The number of para-hydroxylation sites is 2. The molecule has 9 rings (SSSR count). The Morgan fingerprint density at radius 1 is 0.628 bits per heavy atom. The average molecular weight is 570 g/mol. The Bertz CT molecular complexity index is 2340. The summed E-state index contributed by atoms with van der Waals surface area (Å²) in [6.07, 6.45) is 6.69. The van der Waals surface area contributed by atoms with E-state index in [1.165, 1.54) is 58.9 Å². The van der Waals surface area contributed by atoms with E-state index in [1.54, 1.807) is 0 Å². The van der Waals surface area contributed by atoms with Crippen molar-refractivity contribution in [2.75, 3.05) is 4.90 Å². The number of hydrogen-bond donors (Lipinski definition) is 0. The van der Waals surface area contributed by atoms with Gasteiger partial charge in [0.1, 0.15) is 11.2 Å². The summed E-state index contributed by atoms with van der Waals surface area (Å²) in [5.41, 5.74) is 10.5. The Morgan fingerprint density at radius 2 is 1.37 bits per heavy atom. The Hall–Kier alpha value is -5.12. The molecule has 0 amide bonds. The molecule has 6 aromatic carbocycles. The zero-order valence-corrected chi connectivity index (χ0v) is 24.3. The van der Waals surface area contributed by atoms with Crippen molar-refractivity contribution in [1.82, 2.24) is 0 Å². The lowest BCUT2D eigenvalue weighted by atomic mass is 9.87. The molecule has 0 aliphatic heterocycles. The first-order valence-electron chi connectivity index (χ1n) is 14.8. The Kier molecular flexibility index (Phi) is 5.53. The maximum Gasteiger partial charge on any atom is 0.136 e. The Labute approximate surface area is 253 Å². The second-order valence-electron chi connectivity index (χ2n) is 11.2. The summed E-state index contributed by atoms with van der Waals surface area (Å²) < 4.78 is 9.00. The largest absolute Gasteiger partial charge is 0.456 e. The van der Waals surface area contributed by atoms with E-state index in [-0.39, 0.29) is 0 Å². The van der Waals surface area contributed by atoms with Crippen LogP contribution < -0.4 is 4.90 Å². The van der Waals surface area contributed by atoms with Crippen LogP contribution in [0.4, 0.5) is 17.1 Å². The topological polar surface area (TPSA) is 16.4 Å². The summed E-state index contributed by atoms with van der Waals surface area (Å²) in [6.45, 7) is 0. The van der Waals surface area contributed by atoms with Gasteiger partial charge in [-0.3, -0.25) is 0 Å². The maximum atomic E-state index is 6.39. The van der Waals surface area contributed by atoms with E-state index in [4.69, 9.17) is 4.42 Å². The van der Waals surface area contributed by atoms with E-state index in [9.17, 15) is 0 Å². The number of allylic oxidation sites excluding steroid dienone is 1. The highest BCUT2D eigenvalue weighted by Gasteiger charge is 2.21. The lowest BCUT2D eigenvalue weighted by Gasteiger charge is -2.26. The summed E-state index contributed by atoms with van der Waals surface area (Å²) in [6, 6.07) is 45.8. The molecule has 3 heteroatoms. The molecule has 2 heterocycles. The summed E-state index contributed by atoms with van der Waals surface area (Å²) in [4.78, 5) is 2.39. The predicted octanol–water partition coefficient (Wildman–Crippen LogP) is 12.1. The van der Waals surface area contributed by atoms with Gasteiger partial charge in [-0.05, 0) is 83.6 Å². The van der Waals surface area contributed by atoms with Gasteiger partial charge in [0.2, 0.25) is 0 Å². The molecule has 1 aliphatic rings. The summed E-state index contributed by atoms with van der Waals surface area (Å²) in [7, 11) is 0. The fourth-order valence-electron chi connectivity index (χ4n) is 6.80. The first-order chi connectivity index (χ1) is 21.3. The highest BCUT2D eigenvalue weighted by Crippen LogP contribution is 2.46. The molecular formula is C40H27NOS. The van der Waals surface area contributed by atoms with Crippen LogP contribution in [0.25, 0.3) is 59.3 Å². The van der Waals surface area contributed by atoms with Crippen LogP contribution in [0.2, 0.25) is 0 Å². The lowest BCUT2D eigenvalue weighted by Crippen LogP contribution is -2.09. The number of aryl methyl sites for hydroxylation is 1. The van der Waals surface area contributed by atoms with E-state index in [1.807, 2.05) is 11.3 Å². The normalized spacial score (nSPS) is 12.8. The van der Waals surface area contributed by atoms with E-state index in [2.05, 4.69) is 144 Å². The molecule has 0 bridgehead atoms. The fraction of sp³-hybridized carbons (Fsp3) is 0.0500. The van der Waals surface area contributed by atoms with Crippen LogP contribution in [-0.2, 0) is 6.42 Å². The highest BCUT2D eigenvalue weighted by molar-refractivity contribution is 7.26. The van der Waals surface area contributed by atoms with Crippen LogP contribution in [0.1, 0.15) is 17.5 Å². The van der Waals surface area contributed by atoms with E-state index in [0.717, 1.165) is 35.4 Å². The zero-order valence-electron chi connectivity index (χ0n) is 23.5. The first-order valence-corrected chi connectivity index (χ1v) is 15.6. The molecule has 0 unspecified atom stereocenters. The minimum Gasteiger partial charge on any atom is -0.456 e. The molecule has 2 nitrogen and oxygen atoms in total. The van der Waals surface area contributed by atoms with Crippen LogP contribution in [0.3, 0.4) is 0 Å². The highest BCUT2D eigenvalue weighted by atomic mass is 32.1. The molecule has 0 spiro atoms. The van der Waals surface area contributed by atoms with Crippen molar-refractivity contribution in [3.05, 3.63) is 145 Å². The quantitative estimate of drug-likeness (QED) is 0.210. The van der Waals surface area contributed by atoms with Crippen LogP contribution in [0.5, 0.6) is 0 Å². The minimum absolute atomic E-state index is 0.954. The van der Waals surface area contributed by atoms with Crippen LogP contribution in [0, 0.1) is 0 Å². The van der Waals surface area contributed by atoms with Crippen molar-refractivity contribution in [2.24, 2.45) is 0 Å². The Balaban J connectivity index is 1.21. The number of furan rings is 1. The second kappa shape index (κ2) is 9.72. The van der Waals surface area contributed by atoms with Gasteiger partial charge in [0, 0.05) is 37.6 Å². The third kappa shape index (κ3) is 3.86. The molecule has 43 heavy (non-hydrogen) atoms. The number of anilines is 3. The molecule has 0 N–H and O–H groups in total. The Morgan fingerprint density at radius 3 is 2.26 bits per heavy atom. The minimum atomic E-state index is 0.954. The van der Waals surface area contributed by atoms with E-state index >= 15 is 0 Å². The first kappa shape index (κ1) is 24.5. The fourth-order valence-corrected chi connectivity index (χ4v) is 8.01. The average Bonchev–Trinajstić information content (AvgIpc) is 3.64. The molecule has 0 atom stereocenters. The molecule has 2 aromatic heterocycles. The van der Waals surface area contributed by atoms with Gasteiger partial charge in [-0.15, -0.1) is 11.3 Å². The van der Waals surface area contributed by atoms with Gasteiger partial charge in [0.15, 0.2) is 0 Å². The molecule has 8 aromatic rings. The summed E-state index contributed by atoms with van der Waals surface area (Å²) in [5, 5.41) is 5.08. The molecule has 0 saturated heterocycles. The van der Waals surface area contributed by atoms with Crippen LogP contribution in [-0.4, -0.2) is 0 Å². The molecule has 1 aliphatic carbocycles. The van der Waals surface area contributed by atoms with E-state index < -0.39 is 0 Å². The predicted molar refractivity (Wildman–Crippen MR) is 184 cm³/mol. The third-order valence-electron chi connectivity index (χ3n) is 8.74. The van der Waals surface area contributed by atoms with Crippen molar-refractivity contribution in [1.29, 1.82) is 0 Å². The van der Waals surface area contributed by atoms with Gasteiger partial charge in [0.25, 0.3) is 0 Å². The van der Waals surface area contributed by atoms with Crippen molar-refractivity contribution in [2.45, 2.75) is 12.8 Å². The lowest BCUT2D eigenvalue weighted by molar-refractivity contribution is 0.668. The van der Waals surface area contributed by atoms with Gasteiger partial charge in [-0.1, -0.05) is 91.0 Å². The molecule has 0 saturated carbocycles. The van der Waals surface area contributed by atoms with Crippen molar-refractivity contribution >= 4 is 76.6 Å². The number of rotatable bonds is 4. The zero-order chi connectivity index (χ0) is 28.3. The number of benzene rings is 6. The maximum absolute atomic E-state index is 6.39. The van der Waals surface area contributed by atoms with Gasteiger partial charge >= 0.3 is 0 Å². The number of nitrogens with zero attached hydrogens (tertiary/aromatic N) is 1. The van der Waals surface area contributed by atoms with Crippen LogP contribution in [0.15, 0.2) is 138 Å². The molecule has 0 fully saturated rings. The van der Waals surface area contributed by atoms with Gasteiger partial charge in [0.05, 0.1) is 10.4 Å². The summed E-state index contributed by atoms with van der Waals surface area (Å²) in [5.74, 6) is 0. The SMILES string of the molecule is C1=Cc2c(-c3ccc(N(c4ccccc4)c4cccc5c4sc4ccccc45)cc3)cc3oc4ccccc4c3c2CC1. The van der Waals surface area contributed by atoms with Crippen LogP contribution >= 0.6 is 11.3 Å². The standard InChI is InChI=1S/C40H27NOS/c1-2-11-27(12-3-1)41(35-18-10-17-32-30-14-7-9-20-38(30)43-40(32)35)28-23-21-26(22-24-28)34-25-37-39(31-15-5-4-13-29(31)34)33-16-6-8-19-36(33)42-37/h1-4,6-14,16-25H,5,15H2. The second-order valence-corrected chi connectivity index (χ2v) is 12.3. The molecular weight excluding hydrogens is 543 g/mol. The van der Waals surface area contributed by atoms with Gasteiger partial charge < -0.3 is 9.32 Å². The van der Waals surface area contributed by atoms with Gasteiger partial charge in [-0.25, -0.2) is 0 Å². The monoisotopic (exact) mass is 569 g/mol. The van der Waals surface area contributed by atoms with Crippen molar-refractivity contribution in [3.8, 4) is 11.1 Å². The number of fused-ring (bicyclic) bond motifs is 8. The smallest absolute Gasteiger partial charge is 0.136 e. The summed E-state index contributed by atoms with van der Waals surface area (Å²) >= 11 is 1.86. The van der Waals surface area contributed by atoms with Gasteiger partial charge in [-0.2, -0.15) is 0 Å². The third-order valence-corrected chi connectivity index (χ3v) is 9.95. The molecule has 0 radical (unpaired) electrons. The number of thiophene rings is 1. The van der Waals surface area contributed by atoms with Crippen molar-refractivity contribution < 1.29 is 4.42 Å².